The molecule has 0 radical (unpaired) electrons. The van der Waals surface area contributed by atoms with Crippen molar-refractivity contribution in [2.24, 2.45) is 0 Å². The molecule has 3 rings (SSSR count). The molecule has 0 aliphatic rings. The normalized spacial score (nSPS) is 11.2. The van der Waals surface area contributed by atoms with E-state index in [4.69, 9.17) is 6.42 Å². The van der Waals surface area contributed by atoms with Crippen LogP contribution >= 0.6 is 0 Å². The Bertz CT molecular complexity index is 1060. The van der Waals surface area contributed by atoms with Gasteiger partial charge in [0.2, 0.25) is 0 Å². The molecule has 0 unspecified atom stereocenters. The van der Waals surface area contributed by atoms with Crippen molar-refractivity contribution in [3.05, 3.63) is 58.9 Å². The van der Waals surface area contributed by atoms with Gasteiger partial charge in [-0.25, -0.2) is 0 Å². The van der Waals surface area contributed by atoms with E-state index >= 15 is 0 Å². The second-order valence-electron chi connectivity index (χ2n) is 7.93. The smallest absolute Gasteiger partial charge is 0.168 e. The van der Waals surface area contributed by atoms with Gasteiger partial charge in [-0.15, -0.1) is 16.6 Å². The number of benzene rings is 2. The molecule has 0 saturated heterocycles. The van der Waals surface area contributed by atoms with Crippen LogP contribution in [0.15, 0.2) is 36.4 Å². The Morgan fingerprint density at radius 2 is 1.73 bits per heavy atom. The first-order valence-corrected chi connectivity index (χ1v) is 9.96. The van der Waals surface area contributed by atoms with Crippen LogP contribution in [0.2, 0.25) is 0 Å². The monoisotopic (exact) mass is 404 g/mol. The predicted molar refractivity (Wildman–Crippen MR) is 118 cm³/mol. The van der Waals surface area contributed by atoms with Gasteiger partial charge in [-0.05, 0) is 42.6 Å². The molecule has 30 heavy (non-hydrogen) atoms. The first-order chi connectivity index (χ1) is 14.3. The summed E-state index contributed by atoms with van der Waals surface area (Å²) < 4.78 is 1.97. The molecule has 0 bridgehead atoms. The van der Waals surface area contributed by atoms with Crippen LogP contribution in [0.1, 0.15) is 42.3 Å². The lowest BCUT2D eigenvalue weighted by molar-refractivity contribution is 0.369. The van der Waals surface area contributed by atoms with Crippen LogP contribution in [0.25, 0.3) is 11.4 Å². The van der Waals surface area contributed by atoms with Gasteiger partial charge in [0.15, 0.2) is 5.82 Å². The zero-order valence-corrected chi connectivity index (χ0v) is 17.9. The molecule has 2 N–H and O–H groups in total. The van der Waals surface area contributed by atoms with Crippen molar-refractivity contribution in [3.8, 4) is 35.2 Å². The van der Waals surface area contributed by atoms with Gasteiger partial charge in [0.25, 0.3) is 0 Å². The van der Waals surface area contributed by atoms with E-state index in [-0.39, 0.29) is 17.4 Å². The number of aryl methyl sites for hydroxylation is 1. The van der Waals surface area contributed by atoms with Crippen LogP contribution in [0.5, 0.6) is 11.5 Å². The summed E-state index contributed by atoms with van der Waals surface area (Å²) in [4.78, 5) is 2.08. The fourth-order valence-corrected chi connectivity index (χ4v) is 3.46. The van der Waals surface area contributed by atoms with Crippen molar-refractivity contribution in [2.45, 2.75) is 39.8 Å². The molecule has 0 aliphatic carbocycles. The summed E-state index contributed by atoms with van der Waals surface area (Å²) in [5.41, 5.74) is 3.61. The zero-order chi connectivity index (χ0) is 21.8. The molecule has 2 aromatic carbocycles. The summed E-state index contributed by atoms with van der Waals surface area (Å²) in [7, 11) is 2.00. The number of phenolic OH excluding ortho intramolecular Hbond substituents is 2. The fraction of sp³-hybridized carbons (Fsp3) is 0.333. The highest BCUT2D eigenvalue weighted by Crippen LogP contribution is 2.37. The molecular formula is C24H28N4O2. The van der Waals surface area contributed by atoms with E-state index in [1.165, 1.54) is 11.6 Å². The van der Waals surface area contributed by atoms with Crippen molar-refractivity contribution in [2.75, 3.05) is 13.6 Å². The Labute approximate surface area is 177 Å². The van der Waals surface area contributed by atoms with Crippen molar-refractivity contribution in [1.29, 1.82) is 0 Å². The van der Waals surface area contributed by atoms with Gasteiger partial charge in [-0.1, -0.05) is 44.0 Å². The van der Waals surface area contributed by atoms with Crippen LogP contribution in [0, 0.1) is 19.3 Å². The van der Waals surface area contributed by atoms with Gasteiger partial charge in [0.1, 0.15) is 17.3 Å². The summed E-state index contributed by atoms with van der Waals surface area (Å²) in [5, 5.41) is 29.1. The molecule has 156 valence electrons. The molecule has 0 amide bonds. The largest absolute Gasteiger partial charge is 0.508 e. The minimum absolute atomic E-state index is 0.0163. The van der Waals surface area contributed by atoms with Gasteiger partial charge in [0.05, 0.1) is 18.7 Å². The fourth-order valence-electron chi connectivity index (χ4n) is 3.46. The van der Waals surface area contributed by atoms with Gasteiger partial charge >= 0.3 is 0 Å². The summed E-state index contributed by atoms with van der Waals surface area (Å²) in [6.45, 7) is 7.86. The lowest BCUT2D eigenvalue weighted by Gasteiger charge is -2.15. The lowest BCUT2D eigenvalue weighted by Crippen LogP contribution is -2.17. The minimum atomic E-state index is -0.0163. The predicted octanol–water partition coefficient (Wildman–Crippen LogP) is 3.90. The summed E-state index contributed by atoms with van der Waals surface area (Å²) >= 11 is 0. The number of hydrogen-bond acceptors (Lipinski definition) is 5. The molecule has 0 atom stereocenters. The van der Waals surface area contributed by atoms with Crippen molar-refractivity contribution in [3.63, 3.8) is 0 Å². The lowest BCUT2D eigenvalue weighted by atomic mass is 9.98. The van der Waals surface area contributed by atoms with Gasteiger partial charge in [-0.3, -0.25) is 4.90 Å². The molecule has 0 aliphatic heterocycles. The zero-order valence-electron chi connectivity index (χ0n) is 17.9. The third-order valence-corrected chi connectivity index (χ3v) is 5.12. The number of terminal acetylenes is 1. The number of nitrogens with zero attached hydrogens (tertiary/aromatic N) is 4. The van der Waals surface area contributed by atoms with E-state index in [1.807, 2.05) is 32.4 Å². The number of hydrogen-bond donors (Lipinski definition) is 2. The maximum atomic E-state index is 10.5. The molecule has 0 fully saturated rings. The number of aromatic hydroxyl groups is 2. The van der Waals surface area contributed by atoms with Crippen LogP contribution in [-0.4, -0.2) is 43.5 Å². The number of phenols is 2. The van der Waals surface area contributed by atoms with Crippen molar-refractivity contribution in [1.82, 2.24) is 19.7 Å². The summed E-state index contributed by atoms with van der Waals surface area (Å²) in [6, 6.07) is 11.5. The van der Waals surface area contributed by atoms with E-state index in [2.05, 4.69) is 45.3 Å². The van der Waals surface area contributed by atoms with E-state index in [0.717, 1.165) is 23.5 Å². The first-order valence-electron chi connectivity index (χ1n) is 9.96. The second-order valence-corrected chi connectivity index (χ2v) is 7.93. The van der Waals surface area contributed by atoms with Gasteiger partial charge < -0.3 is 14.8 Å². The maximum absolute atomic E-state index is 10.5. The Kier molecular flexibility index (Phi) is 6.43. The highest BCUT2D eigenvalue weighted by atomic mass is 16.3. The van der Waals surface area contributed by atoms with E-state index < -0.39 is 0 Å². The quantitative estimate of drug-likeness (QED) is 0.584. The highest BCUT2D eigenvalue weighted by molar-refractivity contribution is 5.68. The topological polar surface area (TPSA) is 74.4 Å². The standard InChI is InChI=1S/C24H28N4O2/c1-6-11-27(5)14-18-7-9-19(10-8-18)15-28-17(4)25-26-24(28)21-12-20(16(2)3)22(29)13-23(21)30/h1,7-10,12-13,16,29-30H,11,14-15H2,2-5H3. The third kappa shape index (κ3) is 4.64. The summed E-state index contributed by atoms with van der Waals surface area (Å²) in [5.74, 6) is 4.15. The third-order valence-electron chi connectivity index (χ3n) is 5.12. The molecule has 6 nitrogen and oxygen atoms in total. The first kappa shape index (κ1) is 21.4. The molecule has 0 spiro atoms. The van der Waals surface area contributed by atoms with E-state index in [1.54, 1.807) is 6.07 Å². The Morgan fingerprint density at radius 1 is 1.07 bits per heavy atom. The van der Waals surface area contributed by atoms with Gasteiger partial charge in [0, 0.05) is 12.6 Å². The molecule has 6 heteroatoms. The Morgan fingerprint density at radius 3 is 2.37 bits per heavy atom. The van der Waals surface area contributed by atoms with Crippen LogP contribution < -0.4 is 0 Å². The minimum Gasteiger partial charge on any atom is -0.508 e. The number of rotatable bonds is 7. The van der Waals surface area contributed by atoms with Crippen LogP contribution in [0.4, 0.5) is 0 Å². The van der Waals surface area contributed by atoms with Crippen LogP contribution in [0.3, 0.4) is 0 Å². The SMILES string of the molecule is C#CCN(C)Cc1ccc(Cn2c(C)nnc2-c2cc(C(C)C)c(O)cc2O)cc1. The van der Waals surface area contributed by atoms with Gasteiger partial charge in [-0.2, -0.15) is 0 Å². The molecular weight excluding hydrogens is 376 g/mol. The summed E-state index contributed by atoms with van der Waals surface area (Å²) in [6.07, 6.45) is 5.37. The highest BCUT2D eigenvalue weighted by Gasteiger charge is 2.19. The van der Waals surface area contributed by atoms with E-state index in [9.17, 15) is 10.2 Å². The molecule has 3 aromatic rings. The molecule has 0 saturated carbocycles. The molecule has 1 heterocycles. The Balaban J connectivity index is 1.89. The van der Waals surface area contributed by atoms with Crippen LogP contribution in [-0.2, 0) is 13.1 Å². The Hall–Kier alpha value is -3.30. The van der Waals surface area contributed by atoms with E-state index in [0.29, 0.717) is 24.5 Å². The van der Waals surface area contributed by atoms with Crippen molar-refractivity contribution >= 4 is 0 Å². The average molecular weight is 405 g/mol. The maximum Gasteiger partial charge on any atom is 0.168 e. The second kappa shape index (κ2) is 9.02. The average Bonchev–Trinajstić information content (AvgIpc) is 3.03. The number of aromatic nitrogens is 3. The molecule has 1 aromatic heterocycles. The van der Waals surface area contributed by atoms with Crippen molar-refractivity contribution < 1.29 is 10.2 Å².